The molecule has 1 aliphatic heterocycles. The molecular weight excluding hydrogens is 148 g/mol. The molecule has 0 aromatic carbocycles. The summed E-state index contributed by atoms with van der Waals surface area (Å²) in [4.78, 5) is 0. The highest BCUT2D eigenvalue weighted by atomic mass is 35.5. The fourth-order valence-electron chi connectivity index (χ4n) is 1.14. The van der Waals surface area contributed by atoms with Gasteiger partial charge in [0.15, 0.2) is 0 Å². The van der Waals surface area contributed by atoms with Gasteiger partial charge in [0.25, 0.3) is 0 Å². The van der Waals surface area contributed by atoms with Crippen molar-refractivity contribution in [2.75, 3.05) is 6.54 Å². The van der Waals surface area contributed by atoms with Crippen LogP contribution in [0.25, 0.3) is 0 Å². The predicted molar refractivity (Wildman–Crippen MR) is 46.5 cm³/mol. The smallest absolute Gasteiger partial charge is 0.0166 e. The van der Waals surface area contributed by atoms with Crippen molar-refractivity contribution < 1.29 is 0 Å². The molecule has 1 fully saturated rings. The van der Waals surface area contributed by atoms with Gasteiger partial charge in [-0.2, -0.15) is 0 Å². The molecule has 10 heavy (non-hydrogen) atoms. The maximum atomic E-state index is 5.69. The van der Waals surface area contributed by atoms with Crippen LogP contribution in [0.4, 0.5) is 0 Å². The summed E-state index contributed by atoms with van der Waals surface area (Å²) in [6, 6.07) is 0.387. The zero-order chi connectivity index (χ0) is 6.91. The van der Waals surface area contributed by atoms with Gasteiger partial charge in [0.2, 0.25) is 0 Å². The second-order valence-electron chi connectivity index (χ2n) is 3.56. The van der Waals surface area contributed by atoms with E-state index < -0.39 is 0 Å². The summed E-state index contributed by atoms with van der Waals surface area (Å²) in [5, 5.41) is 3.38. The van der Waals surface area contributed by atoms with Crippen LogP contribution in [0, 0.1) is 0 Å². The molecule has 1 saturated heterocycles. The lowest BCUT2D eigenvalue weighted by molar-refractivity contribution is 0.281. The van der Waals surface area contributed by atoms with Crippen molar-refractivity contribution in [2.45, 2.75) is 38.3 Å². The molecule has 0 bridgehead atoms. The van der Waals surface area contributed by atoms with Gasteiger partial charge in [-0.15, -0.1) is 12.4 Å². The fraction of sp³-hybridized carbons (Fsp3) is 1.00. The van der Waals surface area contributed by atoms with Gasteiger partial charge in [-0.1, -0.05) is 0 Å². The molecule has 3 heteroatoms. The van der Waals surface area contributed by atoms with Crippen LogP contribution < -0.4 is 11.1 Å². The summed E-state index contributed by atoms with van der Waals surface area (Å²) in [5.74, 6) is 0. The number of rotatable bonds is 0. The largest absolute Gasteiger partial charge is 0.327 e. The SMILES string of the molecule is CC1(C)CCC(N)CN1.Cl. The second kappa shape index (κ2) is 3.56. The molecule has 0 amide bonds. The van der Waals surface area contributed by atoms with E-state index in [4.69, 9.17) is 5.73 Å². The number of nitrogens with two attached hydrogens (primary N) is 1. The molecule has 1 atom stereocenters. The highest BCUT2D eigenvalue weighted by Crippen LogP contribution is 2.16. The van der Waals surface area contributed by atoms with Crippen LogP contribution in [-0.4, -0.2) is 18.1 Å². The Balaban J connectivity index is 0.000000810. The number of halogens is 1. The lowest BCUT2D eigenvalue weighted by Crippen LogP contribution is -2.51. The Kier molecular flexibility index (Phi) is 3.63. The Bertz CT molecular complexity index is 93.8. The van der Waals surface area contributed by atoms with E-state index in [1.807, 2.05) is 0 Å². The summed E-state index contributed by atoms with van der Waals surface area (Å²) in [6.07, 6.45) is 2.37. The molecule has 0 radical (unpaired) electrons. The normalized spacial score (nSPS) is 30.9. The van der Waals surface area contributed by atoms with Crippen LogP contribution in [0.1, 0.15) is 26.7 Å². The van der Waals surface area contributed by atoms with Crippen molar-refractivity contribution in [3.8, 4) is 0 Å². The van der Waals surface area contributed by atoms with Crippen LogP contribution >= 0.6 is 12.4 Å². The van der Waals surface area contributed by atoms with Crippen molar-refractivity contribution in [1.29, 1.82) is 0 Å². The van der Waals surface area contributed by atoms with E-state index in [-0.39, 0.29) is 12.4 Å². The first-order chi connectivity index (χ1) is 4.10. The lowest BCUT2D eigenvalue weighted by atomic mass is 9.91. The third-order valence-corrected chi connectivity index (χ3v) is 1.98. The molecule has 0 aromatic heterocycles. The summed E-state index contributed by atoms with van der Waals surface area (Å²) in [5.41, 5.74) is 6.02. The van der Waals surface area contributed by atoms with Gasteiger partial charge in [-0.3, -0.25) is 0 Å². The summed E-state index contributed by atoms with van der Waals surface area (Å²) < 4.78 is 0. The molecule has 0 aromatic rings. The molecular formula is C7H17ClN2. The van der Waals surface area contributed by atoms with Crippen molar-refractivity contribution in [3.63, 3.8) is 0 Å². The molecule has 62 valence electrons. The van der Waals surface area contributed by atoms with Gasteiger partial charge >= 0.3 is 0 Å². The van der Waals surface area contributed by atoms with E-state index in [0.29, 0.717) is 11.6 Å². The van der Waals surface area contributed by atoms with E-state index in [1.54, 1.807) is 0 Å². The maximum Gasteiger partial charge on any atom is 0.0166 e. The Morgan fingerprint density at radius 3 is 2.40 bits per heavy atom. The van der Waals surface area contributed by atoms with Gasteiger partial charge in [0.05, 0.1) is 0 Å². The Labute approximate surface area is 69.0 Å². The standard InChI is InChI=1S/C7H16N2.ClH/c1-7(2)4-3-6(8)5-9-7;/h6,9H,3-5,8H2,1-2H3;1H. The van der Waals surface area contributed by atoms with Crippen molar-refractivity contribution in [1.82, 2.24) is 5.32 Å². The molecule has 0 aliphatic carbocycles. The second-order valence-corrected chi connectivity index (χ2v) is 3.56. The maximum absolute atomic E-state index is 5.69. The quantitative estimate of drug-likeness (QED) is 0.559. The molecule has 1 unspecified atom stereocenters. The van der Waals surface area contributed by atoms with E-state index in [1.165, 1.54) is 12.8 Å². The third-order valence-electron chi connectivity index (χ3n) is 1.98. The molecule has 2 nitrogen and oxygen atoms in total. The third kappa shape index (κ3) is 2.86. The van der Waals surface area contributed by atoms with Gasteiger partial charge in [-0.05, 0) is 26.7 Å². The van der Waals surface area contributed by atoms with Crippen LogP contribution in [0.5, 0.6) is 0 Å². The van der Waals surface area contributed by atoms with Crippen LogP contribution in [0.15, 0.2) is 0 Å². The summed E-state index contributed by atoms with van der Waals surface area (Å²) in [7, 11) is 0. The van der Waals surface area contributed by atoms with Gasteiger partial charge in [-0.25, -0.2) is 0 Å². The predicted octanol–water partition coefficient (Wildman–Crippen LogP) is 0.898. The highest BCUT2D eigenvalue weighted by molar-refractivity contribution is 5.85. The minimum Gasteiger partial charge on any atom is -0.327 e. The minimum atomic E-state index is 0. The zero-order valence-electron chi connectivity index (χ0n) is 6.68. The zero-order valence-corrected chi connectivity index (χ0v) is 7.50. The molecule has 1 aliphatic rings. The Hall–Kier alpha value is 0.210. The summed E-state index contributed by atoms with van der Waals surface area (Å²) in [6.45, 7) is 5.42. The molecule has 3 N–H and O–H groups in total. The molecule has 0 spiro atoms. The topological polar surface area (TPSA) is 38.0 Å². The van der Waals surface area contributed by atoms with Gasteiger partial charge in [0.1, 0.15) is 0 Å². The minimum absolute atomic E-state index is 0. The van der Waals surface area contributed by atoms with Gasteiger partial charge < -0.3 is 11.1 Å². The summed E-state index contributed by atoms with van der Waals surface area (Å²) >= 11 is 0. The lowest BCUT2D eigenvalue weighted by Gasteiger charge is -2.34. The Morgan fingerprint density at radius 1 is 1.50 bits per heavy atom. The fourth-order valence-corrected chi connectivity index (χ4v) is 1.14. The van der Waals surface area contributed by atoms with E-state index in [2.05, 4.69) is 19.2 Å². The van der Waals surface area contributed by atoms with Crippen molar-refractivity contribution >= 4 is 12.4 Å². The van der Waals surface area contributed by atoms with Crippen LogP contribution in [0.2, 0.25) is 0 Å². The average Bonchev–Trinajstić information content (AvgIpc) is 1.78. The van der Waals surface area contributed by atoms with E-state index >= 15 is 0 Å². The molecule has 1 heterocycles. The first-order valence-corrected chi connectivity index (χ1v) is 3.61. The first kappa shape index (κ1) is 10.2. The average molecular weight is 165 g/mol. The number of piperidine rings is 1. The van der Waals surface area contributed by atoms with Crippen LogP contribution in [0.3, 0.4) is 0 Å². The van der Waals surface area contributed by atoms with Gasteiger partial charge in [0, 0.05) is 18.1 Å². The number of hydrogen-bond acceptors (Lipinski definition) is 2. The number of nitrogens with one attached hydrogen (secondary N) is 1. The number of hydrogen-bond donors (Lipinski definition) is 2. The van der Waals surface area contributed by atoms with E-state index in [9.17, 15) is 0 Å². The van der Waals surface area contributed by atoms with E-state index in [0.717, 1.165) is 6.54 Å². The highest BCUT2D eigenvalue weighted by Gasteiger charge is 2.23. The molecule has 0 saturated carbocycles. The molecule has 1 rings (SSSR count). The van der Waals surface area contributed by atoms with Crippen molar-refractivity contribution in [3.05, 3.63) is 0 Å². The van der Waals surface area contributed by atoms with Crippen LogP contribution in [-0.2, 0) is 0 Å². The van der Waals surface area contributed by atoms with Crippen molar-refractivity contribution in [2.24, 2.45) is 5.73 Å². The monoisotopic (exact) mass is 164 g/mol. The Morgan fingerprint density at radius 2 is 2.10 bits per heavy atom. The first-order valence-electron chi connectivity index (χ1n) is 3.61.